The second-order valence-corrected chi connectivity index (χ2v) is 8.46. The minimum atomic E-state index is -0.732. The number of hydrogen-bond acceptors (Lipinski definition) is 9. The summed E-state index contributed by atoms with van der Waals surface area (Å²) < 4.78 is 5.41. The van der Waals surface area contributed by atoms with Crippen LogP contribution >= 0.6 is 11.6 Å². The van der Waals surface area contributed by atoms with E-state index in [2.05, 4.69) is 10.1 Å². The molecule has 3 aliphatic rings. The molecule has 0 spiro atoms. The van der Waals surface area contributed by atoms with Gasteiger partial charge in [-0.25, -0.2) is 4.98 Å². The van der Waals surface area contributed by atoms with Crippen LogP contribution in [0.4, 0.5) is 11.4 Å². The van der Waals surface area contributed by atoms with Gasteiger partial charge in [0.2, 0.25) is 11.6 Å². The van der Waals surface area contributed by atoms with Crippen LogP contribution in [0, 0.1) is 43.9 Å². The van der Waals surface area contributed by atoms with Crippen molar-refractivity contribution in [1.82, 2.24) is 9.99 Å². The Kier molecular flexibility index (Phi) is 5.09. The number of carbonyl (C=O) groups is 2. The number of halogens is 1. The van der Waals surface area contributed by atoms with Crippen molar-refractivity contribution in [3.05, 3.63) is 73.4 Å². The highest BCUT2D eigenvalue weighted by atomic mass is 35.5. The summed E-state index contributed by atoms with van der Waals surface area (Å²) in [5.41, 5.74) is -0.634. The molecule has 2 bridgehead atoms. The number of amides is 2. The van der Waals surface area contributed by atoms with E-state index in [9.17, 15) is 29.8 Å². The number of rotatable bonds is 6. The average Bonchev–Trinajstić information content (AvgIpc) is 3.48. The molecule has 2 amide bonds. The van der Waals surface area contributed by atoms with Gasteiger partial charge in [0, 0.05) is 23.8 Å². The highest BCUT2D eigenvalue weighted by Crippen LogP contribution is 2.52. The first kappa shape index (κ1) is 21.6. The summed E-state index contributed by atoms with van der Waals surface area (Å²) in [6, 6.07) is 4.74. The number of ether oxygens (including phenoxy) is 1. The maximum absolute atomic E-state index is 12.7. The molecule has 4 atom stereocenters. The van der Waals surface area contributed by atoms with E-state index in [-0.39, 0.29) is 51.6 Å². The Labute approximate surface area is 195 Å². The molecule has 172 valence electrons. The monoisotopic (exact) mass is 483 g/mol. The van der Waals surface area contributed by atoms with Crippen molar-refractivity contribution >= 4 is 41.0 Å². The van der Waals surface area contributed by atoms with E-state index in [4.69, 9.17) is 16.3 Å². The number of hydrogen-bond donors (Lipinski definition) is 0. The molecule has 4 unspecified atom stereocenters. The van der Waals surface area contributed by atoms with Crippen LogP contribution in [0.25, 0.3) is 0 Å². The molecule has 13 heteroatoms. The topological polar surface area (TPSA) is 158 Å². The molecule has 12 nitrogen and oxygen atoms in total. The summed E-state index contributed by atoms with van der Waals surface area (Å²) in [7, 11) is 0. The molecule has 5 rings (SSSR count). The van der Waals surface area contributed by atoms with Crippen LogP contribution in [-0.4, -0.2) is 37.9 Å². The van der Waals surface area contributed by atoms with E-state index in [0.717, 1.165) is 36.0 Å². The van der Waals surface area contributed by atoms with E-state index >= 15 is 0 Å². The molecule has 2 fully saturated rings. The van der Waals surface area contributed by atoms with E-state index < -0.39 is 27.4 Å². The molecule has 34 heavy (non-hydrogen) atoms. The molecule has 0 N–H and O–H groups in total. The molecule has 0 radical (unpaired) electrons. The normalized spacial score (nSPS) is 24.8. The molecule has 2 aliphatic carbocycles. The Hall–Kier alpha value is -4.19. The van der Waals surface area contributed by atoms with Crippen LogP contribution in [-0.2, 0) is 9.59 Å². The van der Waals surface area contributed by atoms with Crippen LogP contribution in [0.5, 0.6) is 11.6 Å². The Bertz CT molecular complexity index is 1280. The number of pyridine rings is 1. The third-order valence-electron chi connectivity index (χ3n) is 6.15. The van der Waals surface area contributed by atoms with Gasteiger partial charge in [-0.15, -0.1) is 0 Å². The number of allylic oxidation sites excluding steroid dienone is 2. The van der Waals surface area contributed by atoms with Crippen LogP contribution in [0.1, 0.15) is 12.0 Å². The number of fused-ring (bicyclic) bond motifs is 5. The lowest BCUT2D eigenvalue weighted by Crippen LogP contribution is -2.28. The zero-order valence-corrected chi connectivity index (χ0v) is 17.9. The molecule has 2 heterocycles. The summed E-state index contributed by atoms with van der Waals surface area (Å²) in [6.45, 7) is 0. The quantitative estimate of drug-likeness (QED) is 0.198. The molecule has 1 aromatic carbocycles. The van der Waals surface area contributed by atoms with Crippen molar-refractivity contribution in [1.29, 1.82) is 0 Å². The van der Waals surface area contributed by atoms with Gasteiger partial charge in [-0.05, 0) is 24.3 Å². The second kappa shape index (κ2) is 7.99. The maximum Gasteiger partial charge on any atom is 0.313 e. The Balaban J connectivity index is 1.40. The van der Waals surface area contributed by atoms with Crippen molar-refractivity contribution < 1.29 is 24.2 Å². The molecule has 2 aromatic rings. The number of nitrogens with zero attached hydrogens (tertiary/aromatic N) is 5. The van der Waals surface area contributed by atoms with Gasteiger partial charge < -0.3 is 4.74 Å². The number of benzene rings is 1. The first-order valence-corrected chi connectivity index (χ1v) is 10.5. The largest absolute Gasteiger partial charge is 0.430 e. The van der Waals surface area contributed by atoms with Gasteiger partial charge in [0.25, 0.3) is 17.5 Å². The van der Waals surface area contributed by atoms with Crippen LogP contribution in [0.3, 0.4) is 0 Å². The Morgan fingerprint density at radius 3 is 2.32 bits per heavy atom. The zero-order valence-electron chi connectivity index (χ0n) is 17.1. The van der Waals surface area contributed by atoms with Crippen molar-refractivity contribution in [2.45, 2.75) is 6.42 Å². The van der Waals surface area contributed by atoms with Gasteiger partial charge in [0.15, 0.2) is 0 Å². The van der Waals surface area contributed by atoms with Gasteiger partial charge in [0.1, 0.15) is 6.20 Å². The summed E-state index contributed by atoms with van der Waals surface area (Å²) in [5, 5.41) is 27.0. The summed E-state index contributed by atoms with van der Waals surface area (Å²) in [6.07, 6.45) is 6.81. The highest BCUT2D eigenvalue weighted by molar-refractivity contribution is 6.32. The van der Waals surface area contributed by atoms with Crippen molar-refractivity contribution in [3.8, 4) is 11.6 Å². The van der Waals surface area contributed by atoms with Crippen LogP contribution < -0.4 is 4.74 Å². The molecular weight excluding hydrogens is 470 g/mol. The number of nitro groups is 2. The molecule has 1 saturated carbocycles. The van der Waals surface area contributed by atoms with Gasteiger partial charge >= 0.3 is 5.69 Å². The lowest BCUT2D eigenvalue weighted by Gasteiger charge is -2.13. The third-order valence-corrected chi connectivity index (χ3v) is 6.43. The molecule has 1 aromatic heterocycles. The molecular formula is C21H14ClN5O7. The van der Waals surface area contributed by atoms with Crippen molar-refractivity contribution in [3.63, 3.8) is 0 Å². The van der Waals surface area contributed by atoms with Gasteiger partial charge in [0.05, 0.1) is 32.9 Å². The molecule has 1 saturated heterocycles. The SMILES string of the molecule is O=C1C2C3C=CC(C3)C2C(=O)N1N=Cc1cc(Cl)c(Oc2ccc([N+](=O)[O-])cn2)c([N+](=O)[O-])c1. The van der Waals surface area contributed by atoms with Gasteiger partial charge in [-0.1, -0.05) is 23.8 Å². The van der Waals surface area contributed by atoms with E-state index in [0.29, 0.717) is 0 Å². The van der Waals surface area contributed by atoms with Gasteiger partial charge in [-0.2, -0.15) is 10.1 Å². The number of nitro benzene ring substituents is 1. The minimum absolute atomic E-state index is 0.0339. The second-order valence-electron chi connectivity index (χ2n) is 8.05. The number of imide groups is 1. The average molecular weight is 484 g/mol. The summed E-state index contributed by atoms with van der Waals surface area (Å²) in [4.78, 5) is 50.2. The van der Waals surface area contributed by atoms with Gasteiger partial charge in [-0.3, -0.25) is 29.8 Å². The first-order chi connectivity index (χ1) is 16.2. The fourth-order valence-electron chi connectivity index (χ4n) is 4.68. The number of hydrazone groups is 1. The Morgan fingerprint density at radius 2 is 1.76 bits per heavy atom. The highest BCUT2D eigenvalue weighted by Gasteiger charge is 2.59. The standard InChI is InChI=1S/C21H14ClN5O7/c22-14-5-10(8-24-25-20(28)17-11-1-2-12(7-11)18(17)21(25)29)6-15(27(32)33)19(14)34-16-4-3-13(9-23-16)26(30)31/h1-6,8-9,11-12,17-18H,7H2. The predicted molar refractivity (Wildman–Crippen MR) is 116 cm³/mol. The predicted octanol–water partition coefficient (Wildman–Crippen LogP) is 3.48. The van der Waals surface area contributed by atoms with Crippen molar-refractivity contribution in [2.24, 2.45) is 28.8 Å². The van der Waals surface area contributed by atoms with E-state index in [1.54, 1.807) is 0 Å². The molecule has 1 aliphatic heterocycles. The van der Waals surface area contributed by atoms with Crippen LogP contribution in [0.15, 0.2) is 47.7 Å². The Morgan fingerprint density at radius 1 is 1.09 bits per heavy atom. The lowest BCUT2D eigenvalue weighted by atomic mass is 9.85. The smallest absolute Gasteiger partial charge is 0.313 e. The summed E-state index contributed by atoms with van der Waals surface area (Å²) in [5.74, 6) is -1.99. The maximum atomic E-state index is 12.7. The summed E-state index contributed by atoms with van der Waals surface area (Å²) >= 11 is 6.20. The number of aromatic nitrogens is 1. The number of carbonyl (C=O) groups excluding carboxylic acids is 2. The fraction of sp³-hybridized carbons (Fsp3) is 0.238. The zero-order chi connectivity index (χ0) is 24.1. The third kappa shape index (κ3) is 3.48. The van der Waals surface area contributed by atoms with Crippen molar-refractivity contribution in [2.75, 3.05) is 0 Å². The lowest BCUT2D eigenvalue weighted by molar-refractivity contribution is -0.385. The minimum Gasteiger partial charge on any atom is -0.430 e. The van der Waals surface area contributed by atoms with Crippen LogP contribution in [0.2, 0.25) is 5.02 Å². The van der Waals surface area contributed by atoms with E-state index in [1.807, 2.05) is 12.2 Å². The fourth-order valence-corrected chi connectivity index (χ4v) is 4.94. The van der Waals surface area contributed by atoms with E-state index in [1.165, 1.54) is 12.1 Å². The first-order valence-electron chi connectivity index (χ1n) is 10.1.